The molecule has 21 heavy (non-hydrogen) atoms. The molecule has 0 saturated carbocycles. The lowest BCUT2D eigenvalue weighted by molar-refractivity contribution is 0.261. The molecule has 1 atom stereocenters. The van der Waals surface area contributed by atoms with Crippen molar-refractivity contribution in [2.45, 2.75) is 31.2 Å². The van der Waals surface area contributed by atoms with E-state index in [-0.39, 0.29) is 4.90 Å². The van der Waals surface area contributed by atoms with Crippen molar-refractivity contribution < 1.29 is 8.42 Å². The number of rotatable bonds is 8. The van der Waals surface area contributed by atoms with Gasteiger partial charge in [0.1, 0.15) is 0 Å². The van der Waals surface area contributed by atoms with E-state index in [1.165, 1.54) is 13.1 Å². The molecule has 0 saturated heterocycles. The van der Waals surface area contributed by atoms with Gasteiger partial charge in [-0.15, -0.1) is 0 Å². The first-order chi connectivity index (χ1) is 9.81. The van der Waals surface area contributed by atoms with Crippen molar-refractivity contribution in [3.05, 3.63) is 18.2 Å². The summed E-state index contributed by atoms with van der Waals surface area (Å²) < 4.78 is 25.6. The van der Waals surface area contributed by atoms with Crippen LogP contribution in [0, 0.1) is 0 Å². The van der Waals surface area contributed by atoms with Crippen LogP contribution in [0.3, 0.4) is 0 Å². The maximum absolute atomic E-state index is 11.7. The standard InChI is InChI=1S/C14H26N4O2S/c1-5-11(2)18(4)9-8-17-14-7-6-12(10-13(14)15)21(19,20)16-3/h6-7,10-11,16-17H,5,8-9,15H2,1-4H3. The van der Waals surface area contributed by atoms with Crippen molar-refractivity contribution in [3.8, 4) is 0 Å². The zero-order chi connectivity index (χ0) is 16.0. The molecule has 1 aromatic carbocycles. The van der Waals surface area contributed by atoms with Crippen LogP contribution in [-0.2, 0) is 10.0 Å². The smallest absolute Gasteiger partial charge is 0.240 e. The molecule has 0 heterocycles. The largest absolute Gasteiger partial charge is 0.397 e. The first-order valence-electron chi connectivity index (χ1n) is 7.09. The highest BCUT2D eigenvalue weighted by atomic mass is 32.2. The summed E-state index contributed by atoms with van der Waals surface area (Å²) in [7, 11) is 0.0105. The van der Waals surface area contributed by atoms with Gasteiger partial charge >= 0.3 is 0 Å². The zero-order valence-corrected chi connectivity index (χ0v) is 14.0. The molecule has 0 spiro atoms. The highest BCUT2D eigenvalue weighted by molar-refractivity contribution is 7.89. The molecule has 1 rings (SSSR count). The molecule has 120 valence electrons. The second-order valence-electron chi connectivity index (χ2n) is 5.12. The van der Waals surface area contributed by atoms with Crippen molar-refractivity contribution in [2.75, 3.05) is 38.2 Å². The molecule has 7 heteroatoms. The predicted octanol–water partition coefficient (Wildman–Crippen LogP) is 1.32. The van der Waals surface area contributed by atoms with Crippen LogP contribution in [-0.4, -0.2) is 46.5 Å². The van der Waals surface area contributed by atoms with Crippen LogP contribution >= 0.6 is 0 Å². The first kappa shape index (κ1) is 17.7. The van der Waals surface area contributed by atoms with Crippen molar-refractivity contribution in [2.24, 2.45) is 0 Å². The van der Waals surface area contributed by atoms with Gasteiger partial charge < -0.3 is 16.0 Å². The lowest BCUT2D eigenvalue weighted by Crippen LogP contribution is -2.32. The van der Waals surface area contributed by atoms with Crippen LogP contribution in [0.5, 0.6) is 0 Å². The Bertz CT molecular complexity index is 560. The highest BCUT2D eigenvalue weighted by Crippen LogP contribution is 2.22. The summed E-state index contributed by atoms with van der Waals surface area (Å²) >= 11 is 0. The van der Waals surface area contributed by atoms with Gasteiger partial charge in [0.05, 0.1) is 16.3 Å². The van der Waals surface area contributed by atoms with Gasteiger partial charge in [-0.2, -0.15) is 0 Å². The van der Waals surface area contributed by atoms with E-state index in [0.29, 0.717) is 11.7 Å². The number of hydrogen-bond donors (Lipinski definition) is 3. The predicted molar refractivity (Wildman–Crippen MR) is 88.0 cm³/mol. The van der Waals surface area contributed by atoms with Gasteiger partial charge in [0, 0.05) is 19.1 Å². The van der Waals surface area contributed by atoms with Gasteiger partial charge in [-0.3, -0.25) is 0 Å². The van der Waals surface area contributed by atoms with E-state index < -0.39 is 10.0 Å². The van der Waals surface area contributed by atoms with Crippen molar-refractivity contribution in [1.29, 1.82) is 0 Å². The number of anilines is 2. The van der Waals surface area contributed by atoms with E-state index in [4.69, 9.17) is 5.73 Å². The monoisotopic (exact) mass is 314 g/mol. The van der Waals surface area contributed by atoms with Crippen LogP contribution in [0.1, 0.15) is 20.3 Å². The Labute approximate surface area is 127 Å². The fourth-order valence-corrected chi connectivity index (χ4v) is 2.65. The maximum Gasteiger partial charge on any atom is 0.240 e. The van der Waals surface area contributed by atoms with E-state index in [1.54, 1.807) is 12.1 Å². The third kappa shape index (κ3) is 4.87. The summed E-state index contributed by atoms with van der Waals surface area (Å²) in [6, 6.07) is 5.24. The lowest BCUT2D eigenvalue weighted by atomic mass is 10.2. The fourth-order valence-electron chi connectivity index (χ4n) is 1.89. The second-order valence-corrected chi connectivity index (χ2v) is 7.01. The Hall–Kier alpha value is -1.31. The minimum atomic E-state index is -3.45. The number of nitrogens with two attached hydrogens (primary N) is 1. The maximum atomic E-state index is 11.7. The Balaban J connectivity index is 2.66. The van der Waals surface area contributed by atoms with E-state index in [9.17, 15) is 8.42 Å². The average Bonchev–Trinajstić information content (AvgIpc) is 2.47. The molecule has 0 radical (unpaired) electrons. The van der Waals surface area contributed by atoms with Gasteiger partial charge in [-0.25, -0.2) is 13.1 Å². The van der Waals surface area contributed by atoms with E-state index in [0.717, 1.165) is 25.2 Å². The van der Waals surface area contributed by atoms with E-state index >= 15 is 0 Å². The summed E-state index contributed by atoms with van der Waals surface area (Å²) in [6.07, 6.45) is 1.11. The van der Waals surface area contributed by atoms with Gasteiger partial charge in [0.15, 0.2) is 0 Å². The number of nitrogens with one attached hydrogen (secondary N) is 2. The quantitative estimate of drug-likeness (QED) is 0.630. The first-order valence-corrected chi connectivity index (χ1v) is 8.57. The number of hydrogen-bond acceptors (Lipinski definition) is 5. The Morgan fingerprint density at radius 1 is 1.38 bits per heavy atom. The molecule has 0 amide bonds. The molecule has 0 aliphatic carbocycles. The Morgan fingerprint density at radius 3 is 2.57 bits per heavy atom. The number of sulfonamides is 1. The normalized spacial score (nSPS) is 13.4. The Kier molecular flexibility index (Phi) is 6.44. The summed E-state index contributed by atoms with van der Waals surface area (Å²) in [6.45, 7) is 5.99. The fraction of sp³-hybridized carbons (Fsp3) is 0.571. The van der Waals surface area contributed by atoms with Gasteiger partial charge in [0.25, 0.3) is 0 Å². The van der Waals surface area contributed by atoms with Crippen molar-refractivity contribution in [1.82, 2.24) is 9.62 Å². The third-order valence-electron chi connectivity index (χ3n) is 3.73. The molecule has 0 bridgehead atoms. The number of benzene rings is 1. The summed E-state index contributed by atoms with van der Waals surface area (Å²) in [5.74, 6) is 0. The molecule has 1 aromatic rings. The SMILES string of the molecule is CCC(C)N(C)CCNc1ccc(S(=O)(=O)NC)cc1N. The Morgan fingerprint density at radius 2 is 2.05 bits per heavy atom. The number of nitrogens with zero attached hydrogens (tertiary/aromatic N) is 1. The molecular formula is C14H26N4O2S. The molecule has 4 N–H and O–H groups in total. The molecule has 0 aliphatic rings. The number of likely N-dealkylation sites (N-methyl/N-ethyl adjacent to an activating group) is 1. The zero-order valence-electron chi connectivity index (χ0n) is 13.2. The van der Waals surface area contributed by atoms with Crippen molar-refractivity contribution >= 4 is 21.4 Å². The van der Waals surface area contributed by atoms with Crippen LogP contribution in [0.25, 0.3) is 0 Å². The van der Waals surface area contributed by atoms with Crippen LogP contribution in [0.4, 0.5) is 11.4 Å². The van der Waals surface area contributed by atoms with Crippen LogP contribution in [0.15, 0.2) is 23.1 Å². The third-order valence-corrected chi connectivity index (χ3v) is 5.14. The molecule has 0 aliphatic heterocycles. The van der Waals surface area contributed by atoms with E-state index in [2.05, 4.69) is 35.8 Å². The van der Waals surface area contributed by atoms with Gasteiger partial charge in [-0.1, -0.05) is 6.92 Å². The summed E-state index contributed by atoms with van der Waals surface area (Å²) in [4.78, 5) is 2.44. The highest BCUT2D eigenvalue weighted by Gasteiger charge is 2.13. The minimum Gasteiger partial charge on any atom is -0.397 e. The summed E-state index contributed by atoms with van der Waals surface area (Å²) in [5, 5.41) is 3.24. The van der Waals surface area contributed by atoms with Gasteiger partial charge in [-0.05, 0) is 45.6 Å². The van der Waals surface area contributed by atoms with Gasteiger partial charge in [0.2, 0.25) is 10.0 Å². The topological polar surface area (TPSA) is 87.5 Å². The minimum absolute atomic E-state index is 0.171. The van der Waals surface area contributed by atoms with Crippen LogP contribution in [0.2, 0.25) is 0 Å². The molecule has 0 aromatic heterocycles. The summed E-state index contributed by atoms with van der Waals surface area (Å²) in [5.41, 5.74) is 7.09. The average molecular weight is 314 g/mol. The van der Waals surface area contributed by atoms with Crippen molar-refractivity contribution in [3.63, 3.8) is 0 Å². The van der Waals surface area contributed by atoms with Crippen LogP contribution < -0.4 is 15.8 Å². The lowest BCUT2D eigenvalue weighted by Gasteiger charge is -2.23. The molecule has 6 nitrogen and oxygen atoms in total. The molecule has 1 unspecified atom stereocenters. The number of nitrogen functional groups attached to an aromatic ring is 1. The molecular weight excluding hydrogens is 288 g/mol. The van der Waals surface area contributed by atoms with E-state index in [1.807, 2.05) is 0 Å². The molecule has 0 fully saturated rings. The second kappa shape index (κ2) is 7.63.